The van der Waals surface area contributed by atoms with Gasteiger partial charge in [-0.05, 0) is 30.0 Å². The van der Waals surface area contributed by atoms with Gasteiger partial charge in [0.1, 0.15) is 0 Å². The fourth-order valence-electron chi connectivity index (χ4n) is 2.05. The van der Waals surface area contributed by atoms with E-state index in [4.69, 9.17) is 19.9 Å². The van der Waals surface area contributed by atoms with Crippen molar-refractivity contribution in [2.45, 2.75) is 32.7 Å². The summed E-state index contributed by atoms with van der Waals surface area (Å²) in [4.78, 5) is 0. The van der Waals surface area contributed by atoms with Crippen LogP contribution < -0.4 is 19.9 Å². The van der Waals surface area contributed by atoms with E-state index in [1.165, 1.54) is 0 Å². The Labute approximate surface area is 115 Å². The molecule has 19 heavy (non-hydrogen) atoms. The molecule has 0 spiro atoms. The first-order valence-electron chi connectivity index (χ1n) is 6.62. The van der Waals surface area contributed by atoms with Gasteiger partial charge in [0, 0.05) is 6.04 Å². The standard InChI is InChI=1S/C15H25NO3/c1-6-10(2)7-12(16)11-8-13(17-3)15(19-5)14(9-11)18-4/h8-10,12H,6-7,16H2,1-5H3. The van der Waals surface area contributed by atoms with E-state index in [1.807, 2.05) is 12.1 Å². The minimum Gasteiger partial charge on any atom is -0.493 e. The van der Waals surface area contributed by atoms with Crippen molar-refractivity contribution < 1.29 is 14.2 Å². The van der Waals surface area contributed by atoms with Crippen molar-refractivity contribution in [3.8, 4) is 17.2 Å². The van der Waals surface area contributed by atoms with E-state index >= 15 is 0 Å². The van der Waals surface area contributed by atoms with Crippen LogP contribution in [-0.2, 0) is 0 Å². The van der Waals surface area contributed by atoms with E-state index in [1.54, 1.807) is 21.3 Å². The third kappa shape index (κ3) is 3.77. The molecule has 0 aromatic heterocycles. The molecule has 0 heterocycles. The summed E-state index contributed by atoms with van der Waals surface area (Å²) in [6.45, 7) is 4.38. The van der Waals surface area contributed by atoms with Crippen LogP contribution in [0.5, 0.6) is 17.2 Å². The van der Waals surface area contributed by atoms with Gasteiger partial charge in [0.25, 0.3) is 0 Å². The molecule has 0 aliphatic heterocycles. The first-order chi connectivity index (χ1) is 9.07. The summed E-state index contributed by atoms with van der Waals surface area (Å²) in [7, 11) is 4.82. The predicted molar refractivity (Wildman–Crippen MR) is 77.1 cm³/mol. The zero-order valence-corrected chi connectivity index (χ0v) is 12.5. The molecule has 0 saturated heterocycles. The van der Waals surface area contributed by atoms with E-state index in [0.717, 1.165) is 18.4 Å². The largest absolute Gasteiger partial charge is 0.493 e. The summed E-state index contributed by atoms with van der Waals surface area (Å²) < 4.78 is 16.0. The number of methoxy groups -OCH3 is 3. The van der Waals surface area contributed by atoms with E-state index < -0.39 is 0 Å². The molecular formula is C15H25NO3. The van der Waals surface area contributed by atoms with Crippen LogP contribution in [0.2, 0.25) is 0 Å². The van der Waals surface area contributed by atoms with E-state index in [2.05, 4.69) is 13.8 Å². The van der Waals surface area contributed by atoms with Crippen LogP contribution in [0.3, 0.4) is 0 Å². The summed E-state index contributed by atoms with van der Waals surface area (Å²) in [6.07, 6.45) is 2.06. The number of nitrogens with two attached hydrogens (primary N) is 1. The molecule has 1 rings (SSSR count). The van der Waals surface area contributed by atoms with Gasteiger partial charge in [-0.25, -0.2) is 0 Å². The van der Waals surface area contributed by atoms with E-state index in [-0.39, 0.29) is 6.04 Å². The maximum atomic E-state index is 6.26. The van der Waals surface area contributed by atoms with Gasteiger partial charge in [-0.3, -0.25) is 0 Å². The second-order valence-corrected chi connectivity index (χ2v) is 4.81. The molecule has 4 nitrogen and oxygen atoms in total. The molecule has 1 aromatic carbocycles. The average molecular weight is 267 g/mol. The van der Waals surface area contributed by atoms with Crippen LogP contribution in [0.15, 0.2) is 12.1 Å². The Morgan fingerprint density at radius 2 is 1.58 bits per heavy atom. The Hall–Kier alpha value is -1.42. The highest BCUT2D eigenvalue weighted by atomic mass is 16.5. The van der Waals surface area contributed by atoms with Gasteiger partial charge >= 0.3 is 0 Å². The van der Waals surface area contributed by atoms with Gasteiger partial charge in [-0.15, -0.1) is 0 Å². The number of ether oxygens (including phenoxy) is 3. The van der Waals surface area contributed by atoms with Gasteiger partial charge in [0.15, 0.2) is 11.5 Å². The highest BCUT2D eigenvalue weighted by Gasteiger charge is 2.17. The molecule has 0 aliphatic carbocycles. The van der Waals surface area contributed by atoms with E-state index in [0.29, 0.717) is 23.2 Å². The van der Waals surface area contributed by atoms with Crippen LogP contribution in [0, 0.1) is 5.92 Å². The molecule has 0 bridgehead atoms. The lowest BCUT2D eigenvalue weighted by Gasteiger charge is -2.19. The number of hydrogen-bond donors (Lipinski definition) is 1. The molecule has 1 aromatic rings. The van der Waals surface area contributed by atoms with Crippen LogP contribution >= 0.6 is 0 Å². The molecule has 0 amide bonds. The third-order valence-electron chi connectivity index (χ3n) is 3.47. The third-order valence-corrected chi connectivity index (χ3v) is 3.47. The molecule has 2 unspecified atom stereocenters. The van der Waals surface area contributed by atoms with Crippen molar-refractivity contribution in [3.63, 3.8) is 0 Å². The Morgan fingerprint density at radius 1 is 1.05 bits per heavy atom. The monoisotopic (exact) mass is 267 g/mol. The first kappa shape index (κ1) is 15.6. The SMILES string of the molecule is CCC(C)CC(N)c1cc(OC)c(OC)c(OC)c1. The lowest BCUT2D eigenvalue weighted by atomic mass is 9.94. The van der Waals surface area contributed by atoms with Crippen molar-refractivity contribution in [2.24, 2.45) is 11.7 Å². The lowest BCUT2D eigenvalue weighted by Crippen LogP contribution is -2.14. The highest BCUT2D eigenvalue weighted by molar-refractivity contribution is 5.54. The summed E-state index contributed by atoms with van der Waals surface area (Å²) in [5.74, 6) is 2.49. The quantitative estimate of drug-likeness (QED) is 0.824. The van der Waals surface area contributed by atoms with Gasteiger partial charge in [-0.1, -0.05) is 20.3 Å². The van der Waals surface area contributed by atoms with Crippen LogP contribution in [-0.4, -0.2) is 21.3 Å². The molecule has 2 atom stereocenters. The lowest BCUT2D eigenvalue weighted by molar-refractivity contribution is 0.323. The van der Waals surface area contributed by atoms with Gasteiger partial charge in [-0.2, -0.15) is 0 Å². The van der Waals surface area contributed by atoms with Crippen molar-refractivity contribution in [1.82, 2.24) is 0 Å². The Balaban J connectivity index is 3.08. The molecule has 0 radical (unpaired) electrons. The Kier molecular flexibility index (Phi) is 5.96. The number of hydrogen-bond acceptors (Lipinski definition) is 4. The Bertz CT molecular complexity index is 381. The number of benzene rings is 1. The van der Waals surface area contributed by atoms with Crippen molar-refractivity contribution >= 4 is 0 Å². The van der Waals surface area contributed by atoms with Crippen LogP contribution in [0.25, 0.3) is 0 Å². The molecule has 108 valence electrons. The normalized spacial score (nSPS) is 13.8. The van der Waals surface area contributed by atoms with Gasteiger partial charge < -0.3 is 19.9 Å². The van der Waals surface area contributed by atoms with Crippen molar-refractivity contribution in [1.29, 1.82) is 0 Å². The summed E-state index contributed by atoms with van der Waals surface area (Å²) in [6, 6.07) is 3.83. The minimum absolute atomic E-state index is 0.0244. The minimum atomic E-state index is -0.0244. The molecular weight excluding hydrogens is 242 g/mol. The van der Waals surface area contributed by atoms with E-state index in [9.17, 15) is 0 Å². The second kappa shape index (κ2) is 7.24. The molecule has 2 N–H and O–H groups in total. The highest BCUT2D eigenvalue weighted by Crippen LogP contribution is 2.40. The fourth-order valence-corrected chi connectivity index (χ4v) is 2.05. The summed E-state index contributed by atoms with van der Waals surface area (Å²) in [5, 5.41) is 0. The van der Waals surface area contributed by atoms with Gasteiger partial charge in [0.05, 0.1) is 21.3 Å². The van der Waals surface area contributed by atoms with Crippen molar-refractivity contribution in [3.05, 3.63) is 17.7 Å². The molecule has 4 heteroatoms. The summed E-state index contributed by atoms with van der Waals surface area (Å²) in [5.41, 5.74) is 7.27. The van der Waals surface area contributed by atoms with Crippen LogP contribution in [0.4, 0.5) is 0 Å². The maximum Gasteiger partial charge on any atom is 0.203 e. The van der Waals surface area contributed by atoms with Crippen LogP contribution in [0.1, 0.15) is 38.3 Å². The zero-order valence-electron chi connectivity index (χ0n) is 12.5. The molecule has 0 aliphatic rings. The smallest absolute Gasteiger partial charge is 0.203 e. The Morgan fingerprint density at radius 3 is 1.95 bits per heavy atom. The maximum absolute atomic E-state index is 6.26. The predicted octanol–water partition coefficient (Wildman–Crippen LogP) is 3.15. The zero-order chi connectivity index (χ0) is 14.4. The van der Waals surface area contributed by atoms with Crippen molar-refractivity contribution in [2.75, 3.05) is 21.3 Å². The fraction of sp³-hybridized carbons (Fsp3) is 0.600. The topological polar surface area (TPSA) is 53.7 Å². The molecule has 0 saturated carbocycles. The average Bonchev–Trinajstić information content (AvgIpc) is 2.44. The summed E-state index contributed by atoms with van der Waals surface area (Å²) >= 11 is 0. The second-order valence-electron chi connectivity index (χ2n) is 4.81. The molecule has 0 fully saturated rings. The van der Waals surface area contributed by atoms with Gasteiger partial charge in [0.2, 0.25) is 5.75 Å². The number of rotatable bonds is 7. The first-order valence-corrected chi connectivity index (χ1v) is 6.62.